The molecule has 5 nitrogen and oxygen atoms in total. The van der Waals surface area contributed by atoms with Crippen molar-refractivity contribution in [2.45, 2.75) is 6.92 Å². The zero-order chi connectivity index (χ0) is 16.9. The van der Waals surface area contributed by atoms with Crippen LogP contribution >= 0.6 is 11.6 Å². The second kappa shape index (κ2) is 7.19. The molecule has 0 amide bonds. The first kappa shape index (κ1) is 16.1. The minimum Gasteiger partial charge on any atom is -0.391 e. The second-order valence-electron chi connectivity index (χ2n) is 5.12. The summed E-state index contributed by atoms with van der Waals surface area (Å²) < 4.78 is 0. The first-order chi connectivity index (χ1) is 11.7. The van der Waals surface area contributed by atoms with Crippen molar-refractivity contribution < 1.29 is 0 Å². The average molecular weight is 338 g/mol. The third kappa shape index (κ3) is 3.41. The lowest BCUT2D eigenvalue weighted by atomic mass is 9.98. The minimum absolute atomic E-state index is 0.390. The highest BCUT2D eigenvalue weighted by molar-refractivity contribution is 6.31. The lowest BCUT2D eigenvalue weighted by Crippen LogP contribution is -2.10. The Bertz CT molecular complexity index is 906. The summed E-state index contributed by atoms with van der Waals surface area (Å²) in [5.74, 6) is 0. The van der Waals surface area contributed by atoms with E-state index in [0.29, 0.717) is 16.4 Å². The third-order valence-corrected chi connectivity index (χ3v) is 3.71. The smallest absolute Gasteiger partial charge is 0.129 e. The van der Waals surface area contributed by atoms with Gasteiger partial charge in [-0.2, -0.15) is 0 Å². The maximum absolute atomic E-state index is 8.54. The zero-order valence-corrected chi connectivity index (χ0v) is 13.9. The van der Waals surface area contributed by atoms with Gasteiger partial charge in [-0.15, -0.1) is 0 Å². The summed E-state index contributed by atoms with van der Waals surface area (Å²) in [4.78, 5) is 12.7. The molecule has 0 saturated heterocycles. The molecule has 0 radical (unpaired) electrons. The number of rotatable bonds is 5. The van der Waals surface area contributed by atoms with Crippen LogP contribution in [-0.2, 0) is 0 Å². The molecule has 3 rings (SSSR count). The fourth-order valence-corrected chi connectivity index (χ4v) is 2.46. The predicted octanol–water partition coefficient (Wildman–Crippen LogP) is 3.70. The Kier molecular flexibility index (Phi) is 4.82. The van der Waals surface area contributed by atoms with Crippen molar-refractivity contribution in [1.82, 2.24) is 20.3 Å². The van der Waals surface area contributed by atoms with Crippen LogP contribution in [0, 0.1) is 5.41 Å². The van der Waals surface area contributed by atoms with Crippen molar-refractivity contribution in [3.63, 3.8) is 0 Å². The Morgan fingerprint density at radius 2 is 1.96 bits per heavy atom. The highest BCUT2D eigenvalue weighted by atomic mass is 35.5. The third-order valence-electron chi connectivity index (χ3n) is 3.50. The van der Waals surface area contributed by atoms with Gasteiger partial charge in [0.25, 0.3) is 0 Å². The van der Waals surface area contributed by atoms with E-state index in [1.165, 1.54) is 0 Å². The summed E-state index contributed by atoms with van der Waals surface area (Å²) >= 11 is 5.98. The molecule has 3 heterocycles. The van der Waals surface area contributed by atoms with Crippen LogP contribution in [-0.4, -0.2) is 27.2 Å². The van der Waals surface area contributed by atoms with E-state index in [-0.39, 0.29) is 0 Å². The standard InChI is InChI=1S/C18H16ClN5/c1-2-21-11-14(18(20)12-5-7-22-8-6-12)13-9-16-15(23-10-13)3-4-17(19)24-16/h3-11,20-21H,2H2,1H3/b14-11-,20-18?. The molecule has 6 heteroatoms. The van der Waals surface area contributed by atoms with Crippen LogP contribution in [0.5, 0.6) is 0 Å². The number of halogens is 1. The van der Waals surface area contributed by atoms with Gasteiger partial charge in [-0.05, 0) is 37.3 Å². The van der Waals surface area contributed by atoms with Crippen molar-refractivity contribution in [2.75, 3.05) is 6.54 Å². The maximum Gasteiger partial charge on any atom is 0.129 e. The average Bonchev–Trinajstić information content (AvgIpc) is 2.62. The van der Waals surface area contributed by atoms with Crippen LogP contribution < -0.4 is 5.32 Å². The normalized spacial score (nSPS) is 11.5. The van der Waals surface area contributed by atoms with Gasteiger partial charge in [0.2, 0.25) is 0 Å². The molecular weight excluding hydrogens is 322 g/mol. The highest BCUT2D eigenvalue weighted by Gasteiger charge is 2.12. The van der Waals surface area contributed by atoms with Crippen molar-refractivity contribution in [3.05, 3.63) is 71.4 Å². The van der Waals surface area contributed by atoms with Crippen molar-refractivity contribution in [3.8, 4) is 0 Å². The van der Waals surface area contributed by atoms with Gasteiger partial charge in [0.05, 0.1) is 16.7 Å². The minimum atomic E-state index is 0.390. The molecule has 2 N–H and O–H groups in total. The number of pyridine rings is 3. The summed E-state index contributed by atoms with van der Waals surface area (Å²) in [5.41, 5.74) is 4.18. The molecule has 0 saturated carbocycles. The summed E-state index contributed by atoms with van der Waals surface area (Å²) in [6.45, 7) is 2.77. The SMILES string of the molecule is CCN/C=C(\C(=N)c1ccncc1)c1cnc2ccc(Cl)nc2c1. The largest absolute Gasteiger partial charge is 0.391 e. The molecule has 0 fully saturated rings. The van der Waals surface area contributed by atoms with Crippen molar-refractivity contribution in [1.29, 1.82) is 5.41 Å². The molecule has 0 aliphatic rings. The lowest BCUT2D eigenvalue weighted by molar-refractivity contribution is 0.922. The molecule has 0 atom stereocenters. The monoisotopic (exact) mass is 337 g/mol. The van der Waals surface area contributed by atoms with Crippen molar-refractivity contribution >= 4 is 33.9 Å². The lowest BCUT2D eigenvalue weighted by Gasteiger charge is -2.11. The van der Waals surface area contributed by atoms with Crippen LogP contribution in [0.1, 0.15) is 18.1 Å². The molecule has 0 aliphatic heterocycles. The van der Waals surface area contributed by atoms with E-state index in [9.17, 15) is 0 Å². The van der Waals surface area contributed by atoms with Gasteiger partial charge in [-0.25, -0.2) is 4.98 Å². The molecule has 24 heavy (non-hydrogen) atoms. The van der Waals surface area contributed by atoms with E-state index < -0.39 is 0 Å². The van der Waals surface area contributed by atoms with Crippen LogP contribution in [0.15, 0.2) is 55.1 Å². The molecule has 3 aromatic heterocycles. The highest BCUT2D eigenvalue weighted by Crippen LogP contribution is 2.22. The number of allylic oxidation sites excluding steroid dienone is 1. The van der Waals surface area contributed by atoms with E-state index >= 15 is 0 Å². The van der Waals surface area contributed by atoms with Gasteiger partial charge in [-0.1, -0.05) is 11.6 Å². The molecule has 0 aliphatic carbocycles. The van der Waals surface area contributed by atoms with Gasteiger partial charge in [-0.3, -0.25) is 15.4 Å². The van der Waals surface area contributed by atoms with E-state index in [1.54, 1.807) is 24.7 Å². The summed E-state index contributed by atoms with van der Waals surface area (Å²) in [7, 11) is 0. The van der Waals surface area contributed by atoms with E-state index in [2.05, 4.69) is 20.3 Å². The topological polar surface area (TPSA) is 74.6 Å². The van der Waals surface area contributed by atoms with E-state index in [4.69, 9.17) is 17.0 Å². The van der Waals surface area contributed by atoms with Crippen LogP contribution in [0.25, 0.3) is 16.6 Å². The number of nitrogens with one attached hydrogen (secondary N) is 2. The summed E-state index contributed by atoms with van der Waals surface area (Å²) in [5, 5.41) is 12.1. The molecule has 120 valence electrons. The number of hydrogen-bond donors (Lipinski definition) is 2. The number of fused-ring (bicyclic) bond motifs is 1. The summed E-state index contributed by atoms with van der Waals surface area (Å²) in [6.07, 6.45) is 6.93. The summed E-state index contributed by atoms with van der Waals surface area (Å²) in [6, 6.07) is 9.06. The molecule has 0 spiro atoms. The van der Waals surface area contributed by atoms with E-state index in [1.807, 2.05) is 37.4 Å². The van der Waals surface area contributed by atoms with Crippen LogP contribution in [0.4, 0.5) is 0 Å². The molecule has 0 aromatic carbocycles. The fraction of sp³-hybridized carbons (Fsp3) is 0.111. The quantitative estimate of drug-likeness (QED) is 0.550. The molecule has 3 aromatic rings. The molecule has 0 unspecified atom stereocenters. The number of nitrogens with zero attached hydrogens (tertiary/aromatic N) is 3. The Hall–Kier alpha value is -2.79. The Morgan fingerprint density at radius 3 is 2.71 bits per heavy atom. The molecular formula is C18H16ClN5. The predicted molar refractivity (Wildman–Crippen MR) is 97.3 cm³/mol. The Balaban J connectivity index is 2.07. The molecule has 0 bridgehead atoms. The van der Waals surface area contributed by atoms with Crippen LogP contribution in [0.3, 0.4) is 0 Å². The van der Waals surface area contributed by atoms with Gasteiger partial charge in [0.15, 0.2) is 0 Å². The Labute approximate surface area is 145 Å². The number of aromatic nitrogens is 3. The van der Waals surface area contributed by atoms with Gasteiger partial charge >= 0.3 is 0 Å². The number of hydrogen-bond acceptors (Lipinski definition) is 5. The zero-order valence-electron chi connectivity index (χ0n) is 13.1. The first-order valence-electron chi connectivity index (χ1n) is 7.54. The second-order valence-corrected chi connectivity index (χ2v) is 5.51. The van der Waals surface area contributed by atoms with E-state index in [0.717, 1.165) is 28.8 Å². The van der Waals surface area contributed by atoms with Crippen molar-refractivity contribution in [2.24, 2.45) is 0 Å². The van der Waals surface area contributed by atoms with Crippen LogP contribution in [0.2, 0.25) is 5.15 Å². The maximum atomic E-state index is 8.54. The fourth-order valence-electron chi connectivity index (χ4n) is 2.31. The Morgan fingerprint density at radius 1 is 1.17 bits per heavy atom. The van der Waals surface area contributed by atoms with Gasteiger partial charge in [0, 0.05) is 48.0 Å². The van der Waals surface area contributed by atoms with Gasteiger partial charge in [0.1, 0.15) is 5.15 Å². The first-order valence-corrected chi connectivity index (χ1v) is 7.92. The van der Waals surface area contributed by atoms with Gasteiger partial charge < -0.3 is 5.32 Å².